The van der Waals surface area contributed by atoms with E-state index in [9.17, 15) is 4.79 Å². The van der Waals surface area contributed by atoms with Gasteiger partial charge in [-0.15, -0.1) is 11.8 Å². The molecule has 0 aromatic carbocycles. The molecule has 17 heavy (non-hydrogen) atoms. The Balaban J connectivity index is 2.76. The number of carbonyl (C=O) groups excluding carboxylic acids is 1. The van der Waals surface area contributed by atoms with Crippen LogP contribution in [0.5, 0.6) is 0 Å². The normalized spacial score (nSPS) is 15.6. The number of nitrogens with zero attached hydrogens (tertiary/aromatic N) is 1. The molecule has 1 rings (SSSR count). The molecule has 0 fully saturated rings. The number of thioether (sulfide) groups is 1. The zero-order chi connectivity index (χ0) is 12.5. The zero-order valence-electron chi connectivity index (χ0n) is 9.68. The minimum Gasteiger partial charge on any atom is -0.489 e. The van der Waals surface area contributed by atoms with Crippen LogP contribution < -0.4 is 0 Å². The van der Waals surface area contributed by atoms with Gasteiger partial charge in [0.1, 0.15) is 6.61 Å². The topological polar surface area (TPSA) is 57.1 Å². The van der Waals surface area contributed by atoms with Crippen molar-refractivity contribution in [1.82, 2.24) is 0 Å². The van der Waals surface area contributed by atoms with E-state index in [1.807, 2.05) is 0 Å². The molecule has 0 saturated heterocycles. The molecule has 1 aliphatic rings. The SMILES string of the molecule is C=CCO/N=C(/C(=O)OCC)C1=CSCCO1. The summed E-state index contributed by atoms with van der Waals surface area (Å²) in [6.45, 7) is 6.26. The van der Waals surface area contributed by atoms with Gasteiger partial charge in [0, 0.05) is 11.2 Å². The molecule has 1 aliphatic heterocycles. The Bertz CT molecular complexity index is 338. The Hall–Kier alpha value is -1.43. The minimum atomic E-state index is -0.551. The van der Waals surface area contributed by atoms with E-state index in [-0.39, 0.29) is 18.9 Å². The van der Waals surface area contributed by atoms with Gasteiger partial charge in [0.2, 0.25) is 5.71 Å². The highest BCUT2D eigenvalue weighted by molar-refractivity contribution is 8.02. The average molecular weight is 257 g/mol. The number of oxime groups is 1. The lowest BCUT2D eigenvalue weighted by atomic mass is 10.3. The summed E-state index contributed by atoms with van der Waals surface area (Å²) < 4.78 is 10.2. The third-order valence-electron chi connectivity index (χ3n) is 1.70. The van der Waals surface area contributed by atoms with E-state index in [1.165, 1.54) is 6.08 Å². The van der Waals surface area contributed by atoms with Gasteiger partial charge in [-0.25, -0.2) is 4.79 Å². The highest BCUT2D eigenvalue weighted by Crippen LogP contribution is 2.17. The molecule has 0 aromatic heterocycles. The first-order valence-electron chi connectivity index (χ1n) is 5.22. The molecule has 0 bridgehead atoms. The van der Waals surface area contributed by atoms with Gasteiger partial charge in [0.25, 0.3) is 0 Å². The Labute approximate surface area is 104 Å². The van der Waals surface area contributed by atoms with Gasteiger partial charge in [-0.3, -0.25) is 0 Å². The van der Waals surface area contributed by atoms with Crippen LogP contribution >= 0.6 is 11.8 Å². The Kier molecular flexibility index (Phi) is 6.24. The Morgan fingerprint density at radius 1 is 1.76 bits per heavy atom. The quantitative estimate of drug-likeness (QED) is 0.238. The third-order valence-corrected chi connectivity index (χ3v) is 2.48. The molecule has 5 nitrogen and oxygen atoms in total. The lowest BCUT2D eigenvalue weighted by Gasteiger charge is -2.14. The van der Waals surface area contributed by atoms with E-state index in [0.29, 0.717) is 12.4 Å². The fourth-order valence-corrected chi connectivity index (χ4v) is 1.66. The fourth-order valence-electron chi connectivity index (χ4n) is 1.03. The smallest absolute Gasteiger partial charge is 0.364 e. The van der Waals surface area contributed by atoms with E-state index >= 15 is 0 Å². The second-order valence-electron chi connectivity index (χ2n) is 2.95. The number of carbonyl (C=O) groups is 1. The van der Waals surface area contributed by atoms with Gasteiger partial charge < -0.3 is 14.3 Å². The first-order valence-corrected chi connectivity index (χ1v) is 6.27. The van der Waals surface area contributed by atoms with Crippen molar-refractivity contribution in [2.24, 2.45) is 5.16 Å². The van der Waals surface area contributed by atoms with Crippen molar-refractivity contribution in [3.8, 4) is 0 Å². The fraction of sp³-hybridized carbons (Fsp3) is 0.455. The molecule has 0 spiro atoms. The summed E-state index contributed by atoms with van der Waals surface area (Å²) in [5.74, 6) is 0.696. The lowest BCUT2D eigenvalue weighted by Crippen LogP contribution is -2.23. The van der Waals surface area contributed by atoms with Gasteiger partial charge >= 0.3 is 5.97 Å². The van der Waals surface area contributed by atoms with Crippen LogP contribution in [0.25, 0.3) is 0 Å². The van der Waals surface area contributed by atoms with Crippen molar-refractivity contribution in [1.29, 1.82) is 0 Å². The Morgan fingerprint density at radius 3 is 3.18 bits per heavy atom. The van der Waals surface area contributed by atoms with Crippen LogP contribution in [-0.2, 0) is 19.1 Å². The summed E-state index contributed by atoms with van der Waals surface area (Å²) in [6.07, 6.45) is 1.54. The van der Waals surface area contributed by atoms with Gasteiger partial charge in [-0.1, -0.05) is 17.8 Å². The molecule has 0 atom stereocenters. The first kappa shape index (κ1) is 13.6. The van der Waals surface area contributed by atoms with E-state index in [4.69, 9.17) is 14.3 Å². The second kappa shape index (κ2) is 7.78. The van der Waals surface area contributed by atoms with Gasteiger partial charge in [-0.2, -0.15) is 0 Å². The van der Waals surface area contributed by atoms with Crippen molar-refractivity contribution in [3.63, 3.8) is 0 Å². The summed E-state index contributed by atoms with van der Waals surface area (Å²) >= 11 is 1.55. The largest absolute Gasteiger partial charge is 0.489 e. The van der Waals surface area contributed by atoms with Gasteiger partial charge in [-0.05, 0) is 6.92 Å². The van der Waals surface area contributed by atoms with Crippen molar-refractivity contribution in [2.75, 3.05) is 25.6 Å². The maximum Gasteiger partial charge on any atom is 0.364 e. The second-order valence-corrected chi connectivity index (χ2v) is 3.92. The van der Waals surface area contributed by atoms with Gasteiger partial charge in [0.15, 0.2) is 5.76 Å². The maximum absolute atomic E-state index is 11.6. The van der Waals surface area contributed by atoms with Crippen LogP contribution in [0.15, 0.2) is 29.0 Å². The molecule has 1 heterocycles. The van der Waals surface area contributed by atoms with E-state index in [2.05, 4.69) is 11.7 Å². The van der Waals surface area contributed by atoms with Crippen LogP contribution in [-0.4, -0.2) is 37.3 Å². The van der Waals surface area contributed by atoms with Crippen molar-refractivity contribution < 1.29 is 19.1 Å². The van der Waals surface area contributed by atoms with E-state index in [1.54, 1.807) is 24.1 Å². The number of ether oxygens (including phenoxy) is 2. The predicted octanol–water partition coefficient (Wildman–Crippen LogP) is 1.71. The molecule has 0 aromatic rings. The van der Waals surface area contributed by atoms with Crippen molar-refractivity contribution in [3.05, 3.63) is 23.8 Å². The molecule has 6 heteroatoms. The number of esters is 1. The summed E-state index contributed by atoms with van der Waals surface area (Å²) in [4.78, 5) is 16.6. The first-order chi connectivity index (χ1) is 8.29. The predicted molar refractivity (Wildman–Crippen MR) is 66.7 cm³/mol. The summed E-state index contributed by atoms with van der Waals surface area (Å²) in [7, 11) is 0. The molecule has 94 valence electrons. The monoisotopic (exact) mass is 257 g/mol. The average Bonchev–Trinajstić information content (AvgIpc) is 2.36. The lowest BCUT2D eigenvalue weighted by molar-refractivity contribution is -0.135. The Morgan fingerprint density at radius 2 is 2.59 bits per heavy atom. The van der Waals surface area contributed by atoms with E-state index in [0.717, 1.165) is 5.75 Å². The summed E-state index contributed by atoms with van der Waals surface area (Å²) in [5.41, 5.74) is 0.0564. The molecule has 0 amide bonds. The van der Waals surface area contributed by atoms with Crippen LogP contribution in [0.4, 0.5) is 0 Å². The van der Waals surface area contributed by atoms with Crippen molar-refractivity contribution in [2.45, 2.75) is 6.92 Å². The number of hydrogen-bond acceptors (Lipinski definition) is 6. The summed E-state index contributed by atoms with van der Waals surface area (Å²) in [5, 5.41) is 5.45. The molecule has 0 N–H and O–H groups in total. The molecular formula is C11H15NO4S. The molecule has 0 unspecified atom stereocenters. The van der Waals surface area contributed by atoms with Crippen LogP contribution in [0.1, 0.15) is 6.92 Å². The number of rotatable bonds is 6. The zero-order valence-corrected chi connectivity index (χ0v) is 10.5. The molecular weight excluding hydrogens is 242 g/mol. The molecule has 0 saturated carbocycles. The number of hydrogen-bond donors (Lipinski definition) is 0. The highest BCUT2D eigenvalue weighted by atomic mass is 32.2. The van der Waals surface area contributed by atoms with Crippen LogP contribution in [0.3, 0.4) is 0 Å². The van der Waals surface area contributed by atoms with Crippen LogP contribution in [0.2, 0.25) is 0 Å². The molecule has 0 radical (unpaired) electrons. The minimum absolute atomic E-state index is 0.0564. The van der Waals surface area contributed by atoms with Crippen molar-refractivity contribution >= 4 is 23.4 Å². The highest BCUT2D eigenvalue weighted by Gasteiger charge is 2.22. The standard InChI is InChI=1S/C11H15NO4S/c1-3-5-16-12-10(11(13)14-4-2)9-8-17-7-6-15-9/h3,8H,1,4-7H2,2H3/b12-10+. The van der Waals surface area contributed by atoms with Gasteiger partial charge in [0.05, 0.1) is 13.2 Å². The molecule has 0 aliphatic carbocycles. The summed E-state index contributed by atoms with van der Waals surface area (Å²) in [6, 6.07) is 0. The van der Waals surface area contributed by atoms with Crippen LogP contribution in [0, 0.1) is 0 Å². The third kappa shape index (κ3) is 4.52. The van der Waals surface area contributed by atoms with E-state index < -0.39 is 5.97 Å². The maximum atomic E-state index is 11.6.